The molecule has 1 unspecified atom stereocenters. The Hall–Kier alpha value is -1.74. The minimum atomic E-state index is 0.393. The zero-order valence-electron chi connectivity index (χ0n) is 11.6. The lowest BCUT2D eigenvalue weighted by Gasteiger charge is -2.06. The molecular weight excluding hydrogens is 264 g/mol. The number of imidazole rings is 1. The lowest BCUT2D eigenvalue weighted by atomic mass is 10.0. The minimum absolute atomic E-state index is 0.393. The Kier molecular flexibility index (Phi) is 2.64. The second kappa shape index (κ2) is 4.38. The smallest absolute Gasteiger partial charge is 0.115 e. The molecular formula is C17H16N2S. The molecule has 0 bridgehead atoms. The first kappa shape index (κ1) is 12.0. The lowest BCUT2D eigenvalue weighted by Crippen LogP contribution is -2.01. The summed E-state index contributed by atoms with van der Waals surface area (Å²) in [6.45, 7) is 4.29. The monoisotopic (exact) mass is 280 g/mol. The van der Waals surface area contributed by atoms with Crippen molar-refractivity contribution < 1.29 is 0 Å². The van der Waals surface area contributed by atoms with Crippen LogP contribution in [0, 0.1) is 13.8 Å². The van der Waals surface area contributed by atoms with Crippen LogP contribution in [-0.2, 0) is 0 Å². The molecule has 20 heavy (non-hydrogen) atoms. The number of fused-ring (bicyclic) bond motifs is 2. The van der Waals surface area contributed by atoms with Crippen LogP contribution in [0.15, 0.2) is 41.3 Å². The molecule has 2 nitrogen and oxygen atoms in total. The predicted molar refractivity (Wildman–Crippen MR) is 84.6 cm³/mol. The van der Waals surface area contributed by atoms with E-state index in [-0.39, 0.29) is 0 Å². The summed E-state index contributed by atoms with van der Waals surface area (Å²) in [5, 5.41) is 0. The molecule has 0 fully saturated rings. The van der Waals surface area contributed by atoms with Crippen LogP contribution in [0.1, 0.15) is 28.4 Å². The Morgan fingerprint density at radius 2 is 1.95 bits per heavy atom. The summed E-state index contributed by atoms with van der Waals surface area (Å²) in [6, 6.07) is 13.0. The zero-order chi connectivity index (χ0) is 13.7. The maximum Gasteiger partial charge on any atom is 0.115 e. The second-order valence-electron chi connectivity index (χ2n) is 5.48. The third-order valence-corrected chi connectivity index (χ3v) is 5.33. The van der Waals surface area contributed by atoms with Crippen molar-refractivity contribution in [1.29, 1.82) is 0 Å². The van der Waals surface area contributed by atoms with E-state index in [1.165, 1.54) is 21.6 Å². The van der Waals surface area contributed by atoms with Crippen LogP contribution in [-0.4, -0.2) is 15.7 Å². The standard InChI is InChI=1S/C17H16N2S/c1-10-7-14-15(8-11(10)2)19-17(18-14)13-9-20-16-6-4-3-5-12(13)16/h3-8,13H,9H2,1-2H3,(H,18,19). The van der Waals surface area contributed by atoms with Gasteiger partial charge in [0.2, 0.25) is 0 Å². The molecule has 3 aromatic rings. The Labute approximate surface area is 122 Å². The average molecular weight is 280 g/mol. The van der Waals surface area contributed by atoms with Crippen molar-refractivity contribution in [3.63, 3.8) is 0 Å². The Morgan fingerprint density at radius 3 is 2.85 bits per heavy atom. The van der Waals surface area contributed by atoms with Crippen molar-refractivity contribution in [2.45, 2.75) is 24.7 Å². The highest BCUT2D eigenvalue weighted by atomic mass is 32.2. The van der Waals surface area contributed by atoms with Crippen LogP contribution in [0.2, 0.25) is 0 Å². The van der Waals surface area contributed by atoms with E-state index in [2.05, 4.69) is 55.2 Å². The summed E-state index contributed by atoms with van der Waals surface area (Å²) >= 11 is 1.93. The summed E-state index contributed by atoms with van der Waals surface area (Å²) in [5.74, 6) is 2.57. The number of aryl methyl sites for hydroxylation is 2. The van der Waals surface area contributed by atoms with Crippen molar-refractivity contribution >= 4 is 22.8 Å². The van der Waals surface area contributed by atoms with Crippen molar-refractivity contribution in [3.05, 3.63) is 58.9 Å². The van der Waals surface area contributed by atoms with Crippen LogP contribution in [0.25, 0.3) is 11.0 Å². The first-order chi connectivity index (χ1) is 9.72. The number of nitrogens with one attached hydrogen (secondary N) is 1. The number of hydrogen-bond donors (Lipinski definition) is 1. The number of rotatable bonds is 1. The van der Waals surface area contributed by atoms with Gasteiger partial charge in [-0.25, -0.2) is 4.98 Å². The molecule has 1 aliphatic rings. The molecule has 2 aromatic carbocycles. The molecule has 0 amide bonds. The number of aromatic amines is 1. The number of aromatic nitrogens is 2. The molecule has 1 atom stereocenters. The first-order valence-electron chi connectivity index (χ1n) is 6.91. The van der Waals surface area contributed by atoms with Gasteiger partial charge in [0, 0.05) is 10.6 Å². The summed E-state index contributed by atoms with van der Waals surface area (Å²) in [4.78, 5) is 9.74. The number of thioether (sulfide) groups is 1. The van der Waals surface area contributed by atoms with E-state index in [4.69, 9.17) is 4.98 Å². The van der Waals surface area contributed by atoms with Crippen molar-refractivity contribution in [3.8, 4) is 0 Å². The van der Waals surface area contributed by atoms with Gasteiger partial charge in [0.05, 0.1) is 17.0 Å². The van der Waals surface area contributed by atoms with E-state index in [1.54, 1.807) is 0 Å². The van der Waals surface area contributed by atoms with Crippen LogP contribution in [0.5, 0.6) is 0 Å². The van der Waals surface area contributed by atoms with E-state index < -0.39 is 0 Å². The van der Waals surface area contributed by atoms with E-state index in [9.17, 15) is 0 Å². The number of nitrogens with zero attached hydrogens (tertiary/aromatic N) is 1. The molecule has 3 heteroatoms. The Bertz CT molecular complexity index is 765. The highest BCUT2D eigenvalue weighted by molar-refractivity contribution is 7.99. The second-order valence-corrected chi connectivity index (χ2v) is 6.54. The summed E-state index contributed by atoms with van der Waals surface area (Å²) in [7, 11) is 0. The lowest BCUT2D eigenvalue weighted by molar-refractivity contribution is 0.859. The van der Waals surface area contributed by atoms with Gasteiger partial charge >= 0.3 is 0 Å². The Balaban J connectivity index is 1.84. The summed E-state index contributed by atoms with van der Waals surface area (Å²) < 4.78 is 0. The quantitative estimate of drug-likeness (QED) is 0.715. The highest BCUT2D eigenvalue weighted by Gasteiger charge is 2.26. The van der Waals surface area contributed by atoms with Crippen LogP contribution >= 0.6 is 11.8 Å². The summed E-state index contributed by atoms with van der Waals surface area (Å²) in [5.41, 5.74) is 6.26. The number of hydrogen-bond acceptors (Lipinski definition) is 2. The first-order valence-corrected chi connectivity index (χ1v) is 7.89. The van der Waals surface area contributed by atoms with Gasteiger partial charge in [0.1, 0.15) is 5.82 Å². The molecule has 0 saturated carbocycles. The van der Waals surface area contributed by atoms with Gasteiger partial charge < -0.3 is 4.98 Å². The molecule has 4 rings (SSSR count). The fourth-order valence-electron chi connectivity index (χ4n) is 2.84. The maximum absolute atomic E-state index is 4.83. The third-order valence-electron chi connectivity index (χ3n) is 4.15. The fourth-order valence-corrected chi connectivity index (χ4v) is 4.08. The van der Waals surface area contributed by atoms with E-state index in [1.807, 2.05) is 11.8 Å². The van der Waals surface area contributed by atoms with Crippen molar-refractivity contribution in [2.75, 3.05) is 5.75 Å². The van der Waals surface area contributed by atoms with Gasteiger partial charge in [-0.2, -0.15) is 0 Å². The largest absolute Gasteiger partial charge is 0.341 e. The Morgan fingerprint density at radius 1 is 1.15 bits per heavy atom. The van der Waals surface area contributed by atoms with Gasteiger partial charge in [0.25, 0.3) is 0 Å². The zero-order valence-corrected chi connectivity index (χ0v) is 12.4. The molecule has 0 saturated heterocycles. The van der Waals surface area contributed by atoms with Gasteiger partial charge in [-0.15, -0.1) is 11.8 Å². The topological polar surface area (TPSA) is 28.7 Å². The molecule has 0 aliphatic carbocycles. The number of H-pyrrole nitrogens is 1. The van der Waals surface area contributed by atoms with Gasteiger partial charge in [-0.05, 0) is 48.7 Å². The molecule has 100 valence electrons. The molecule has 0 radical (unpaired) electrons. The third kappa shape index (κ3) is 1.77. The van der Waals surface area contributed by atoms with Crippen LogP contribution < -0.4 is 0 Å². The van der Waals surface area contributed by atoms with Crippen molar-refractivity contribution in [1.82, 2.24) is 9.97 Å². The van der Waals surface area contributed by atoms with Crippen LogP contribution in [0.3, 0.4) is 0 Å². The van der Waals surface area contributed by atoms with Gasteiger partial charge in [-0.1, -0.05) is 18.2 Å². The molecule has 0 spiro atoms. The summed E-state index contributed by atoms with van der Waals surface area (Å²) in [6.07, 6.45) is 0. The van der Waals surface area contributed by atoms with Crippen molar-refractivity contribution in [2.24, 2.45) is 0 Å². The molecule has 1 aromatic heterocycles. The SMILES string of the molecule is Cc1cc2nc(C3CSc4ccccc43)[nH]c2cc1C. The molecule has 2 heterocycles. The highest BCUT2D eigenvalue weighted by Crippen LogP contribution is 2.42. The predicted octanol–water partition coefficient (Wildman–Crippen LogP) is 4.42. The molecule has 1 aliphatic heterocycles. The van der Waals surface area contributed by atoms with E-state index in [0.717, 1.165) is 22.6 Å². The van der Waals surface area contributed by atoms with E-state index >= 15 is 0 Å². The molecule has 1 N–H and O–H groups in total. The average Bonchev–Trinajstić information content (AvgIpc) is 3.02. The number of benzene rings is 2. The minimum Gasteiger partial charge on any atom is -0.341 e. The van der Waals surface area contributed by atoms with Gasteiger partial charge in [0.15, 0.2) is 0 Å². The normalized spacial score (nSPS) is 17.6. The van der Waals surface area contributed by atoms with E-state index in [0.29, 0.717) is 5.92 Å². The fraction of sp³-hybridized carbons (Fsp3) is 0.235. The maximum atomic E-state index is 4.83. The van der Waals surface area contributed by atoms with Crippen LogP contribution in [0.4, 0.5) is 0 Å². The van der Waals surface area contributed by atoms with Gasteiger partial charge in [-0.3, -0.25) is 0 Å².